The Labute approximate surface area is 181 Å². The summed E-state index contributed by atoms with van der Waals surface area (Å²) in [5.41, 5.74) is 0.0747. The highest BCUT2D eigenvalue weighted by atomic mass is 16.3. The number of piperidine rings is 1. The van der Waals surface area contributed by atoms with Gasteiger partial charge in [0.15, 0.2) is 5.82 Å². The number of para-hydroxylation sites is 2. The number of fused-ring (bicyclic) bond motifs is 1. The van der Waals surface area contributed by atoms with Crippen LogP contribution in [0.3, 0.4) is 0 Å². The monoisotopic (exact) mass is 420 g/mol. The van der Waals surface area contributed by atoms with Crippen molar-refractivity contribution in [1.82, 2.24) is 15.3 Å². The van der Waals surface area contributed by atoms with Gasteiger partial charge in [-0.3, -0.25) is 4.79 Å². The summed E-state index contributed by atoms with van der Waals surface area (Å²) in [7, 11) is 0. The lowest BCUT2D eigenvalue weighted by Crippen LogP contribution is -2.51. The zero-order valence-electron chi connectivity index (χ0n) is 17.9. The number of carbonyl (C=O) groups is 1. The predicted molar refractivity (Wildman–Crippen MR) is 121 cm³/mol. The lowest BCUT2D eigenvalue weighted by molar-refractivity contribution is -0.139. The van der Waals surface area contributed by atoms with Crippen LogP contribution in [-0.2, 0) is 4.79 Å². The molecular formula is C24H28N4O3. The molecule has 31 heavy (non-hydrogen) atoms. The van der Waals surface area contributed by atoms with E-state index in [1.165, 1.54) is 0 Å². The highest BCUT2D eigenvalue weighted by Crippen LogP contribution is 2.32. The van der Waals surface area contributed by atoms with Crippen molar-refractivity contribution in [3.8, 4) is 17.1 Å². The molecule has 1 aliphatic heterocycles. The first kappa shape index (κ1) is 21.1. The molecule has 0 aliphatic carbocycles. The van der Waals surface area contributed by atoms with Gasteiger partial charge in [0.25, 0.3) is 5.91 Å². The van der Waals surface area contributed by atoms with Gasteiger partial charge in [-0.05, 0) is 50.5 Å². The molecule has 7 heteroatoms. The van der Waals surface area contributed by atoms with E-state index in [1.54, 1.807) is 26.0 Å². The Bertz CT molecular complexity index is 1090. The fourth-order valence-electron chi connectivity index (χ4n) is 3.82. The molecule has 1 aliphatic rings. The van der Waals surface area contributed by atoms with Crippen molar-refractivity contribution < 1.29 is 15.0 Å². The molecule has 7 nitrogen and oxygen atoms in total. The fraction of sp³-hybridized carbons (Fsp3) is 0.375. The van der Waals surface area contributed by atoms with Crippen molar-refractivity contribution in [3.05, 3.63) is 48.5 Å². The summed E-state index contributed by atoms with van der Waals surface area (Å²) in [6.45, 7) is 4.79. The van der Waals surface area contributed by atoms with Crippen LogP contribution in [0.5, 0.6) is 5.75 Å². The van der Waals surface area contributed by atoms with Crippen molar-refractivity contribution in [2.45, 2.75) is 44.8 Å². The van der Waals surface area contributed by atoms with Crippen molar-refractivity contribution in [2.24, 2.45) is 0 Å². The number of carbonyl (C=O) groups excluding carboxylic acids is 1. The fourth-order valence-corrected chi connectivity index (χ4v) is 3.82. The van der Waals surface area contributed by atoms with Gasteiger partial charge in [-0.2, -0.15) is 0 Å². The lowest BCUT2D eigenvalue weighted by atomic mass is 9.99. The largest absolute Gasteiger partial charge is 0.507 e. The Morgan fingerprint density at radius 2 is 1.81 bits per heavy atom. The molecular weight excluding hydrogens is 392 g/mol. The van der Waals surface area contributed by atoms with Gasteiger partial charge in [-0.15, -0.1) is 0 Å². The minimum absolute atomic E-state index is 0.0208. The average Bonchev–Trinajstić information content (AvgIpc) is 2.79. The zero-order valence-corrected chi connectivity index (χ0v) is 17.9. The Kier molecular flexibility index (Phi) is 5.78. The number of hydrogen-bond acceptors (Lipinski definition) is 6. The maximum Gasteiger partial charge on any atom is 0.251 e. The number of nitrogens with zero attached hydrogens (tertiary/aromatic N) is 3. The Balaban J connectivity index is 1.59. The van der Waals surface area contributed by atoms with Crippen LogP contribution in [0.2, 0.25) is 0 Å². The lowest BCUT2D eigenvalue weighted by Gasteiger charge is -2.35. The molecule has 162 valence electrons. The van der Waals surface area contributed by atoms with E-state index >= 15 is 0 Å². The van der Waals surface area contributed by atoms with Gasteiger partial charge >= 0.3 is 0 Å². The average molecular weight is 421 g/mol. The van der Waals surface area contributed by atoms with Crippen molar-refractivity contribution in [2.75, 3.05) is 18.0 Å². The second kappa shape index (κ2) is 8.51. The van der Waals surface area contributed by atoms with Crippen LogP contribution < -0.4 is 10.2 Å². The standard InChI is InChI=1S/C24H28N4O3/c1-3-24(2,31)23(30)25-16-12-14-28(15-13-16)22-17-8-4-6-10-19(17)26-21(27-22)18-9-5-7-11-20(18)29/h4-11,16,29,31H,3,12-15H2,1-2H3,(H,25,30). The first-order valence-corrected chi connectivity index (χ1v) is 10.7. The van der Waals surface area contributed by atoms with Gasteiger partial charge < -0.3 is 20.4 Å². The first-order valence-electron chi connectivity index (χ1n) is 10.7. The van der Waals surface area contributed by atoms with Gasteiger partial charge in [-0.1, -0.05) is 31.2 Å². The molecule has 0 spiro atoms. The quantitative estimate of drug-likeness (QED) is 0.586. The van der Waals surface area contributed by atoms with E-state index in [-0.39, 0.29) is 17.7 Å². The van der Waals surface area contributed by atoms with Crippen molar-refractivity contribution in [3.63, 3.8) is 0 Å². The summed E-state index contributed by atoms with van der Waals surface area (Å²) in [5, 5.41) is 24.4. The summed E-state index contributed by atoms with van der Waals surface area (Å²) in [5.74, 6) is 1.14. The number of phenols is 1. The number of phenolic OH excluding ortho intramolecular Hbond substituents is 1. The van der Waals surface area contributed by atoms with Gasteiger partial charge in [0, 0.05) is 24.5 Å². The number of benzene rings is 2. The SMILES string of the molecule is CCC(C)(O)C(=O)NC1CCN(c2nc(-c3ccccc3O)nc3ccccc23)CC1. The van der Waals surface area contributed by atoms with Crippen LogP contribution in [0.4, 0.5) is 5.82 Å². The Morgan fingerprint density at radius 1 is 1.13 bits per heavy atom. The molecule has 4 rings (SSSR count). The van der Waals surface area contributed by atoms with Crippen LogP contribution in [0.1, 0.15) is 33.1 Å². The van der Waals surface area contributed by atoms with Crippen LogP contribution >= 0.6 is 0 Å². The van der Waals surface area contributed by atoms with E-state index in [4.69, 9.17) is 4.98 Å². The van der Waals surface area contributed by atoms with Gasteiger partial charge in [0.2, 0.25) is 0 Å². The summed E-state index contributed by atoms with van der Waals surface area (Å²) in [6.07, 6.45) is 1.89. The number of anilines is 1. The molecule has 3 N–H and O–H groups in total. The van der Waals surface area contributed by atoms with Crippen molar-refractivity contribution in [1.29, 1.82) is 0 Å². The van der Waals surface area contributed by atoms with E-state index in [0.717, 1.165) is 42.7 Å². The topological polar surface area (TPSA) is 98.6 Å². The highest BCUT2D eigenvalue weighted by Gasteiger charge is 2.31. The van der Waals surface area contributed by atoms with Gasteiger partial charge in [-0.25, -0.2) is 9.97 Å². The number of aromatic nitrogens is 2. The number of aromatic hydroxyl groups is 1. The third-order valence-corrected chi connectivity index (χ3v) is 6.04. The van der Waals surface area contributed by atoms with E-state index < -0.39 is 5.60 Å². The van der Waals surface area contributed by atoms with Crippen molar-refractivity contribution >= 4 is 22.6 Å². The third kappa shape index (κ3) is 4.32. The van der Waals surface area contributed by atoms with E-state index in [1.807, 2.05) is 36.4 Å². The first-order chi connectivity index (χ1) is 14.9. The number of rotatable bonds is 5. The minimum Gasteiger partial charge on any atom is -0.507 e. The second-order valence-corrected chi connectivity index (χ2v) is 8.27. The molecule has 0 saturated carbocycles. The molecule has 1 unspecified atom stereocenters. The molecule has 0 bridgehead atoms. The van der Waals surface area contributed by atoms with Gasteiger partial charge in [0.05, 0.1) is 11.1 Å². The summed E-state index contributed by atoms with van der Waals surface area (Å²) in [4.78, 5) is 24.0. The summed E-state index contributed by atoms with van der Waals surface area (Å²) in [6, 6.07) is 15.0. The Morgan fingerprint density at radius 3 is 2.52 bits per heavy atom. The van der Waals surface area contributed by atoms with Crippen LogP contribution in [0, 0.1) is 0 Å². The molecule has 1 fully saturated rings. The summed E-state index contributed by atoms with van der Waals surface area (Å²) < 4.78 is 0. The number of hydrogen-bond donors (Lipinski definition) is 3. The molecule has 2 aromatic carbocycles. The zero-order chi connectivity index (χ0) is 22.0. The summed E-state index contributed by atoms with van der Waals surface area (Å²) >= 11 is 0. The van der Waals surface area contributed by atoms with Gasteiger partial charge in [0.1, 0.15) is 17.2 Å². The molecule has 1 saturated heterocycles. The third-order valence-electron chi connectivity index (χ3n) is 6.04. The number of nitrogens with one attached hydrogen (secondary N) is 1. The second-order valence-electron chi connectivity index (χ2n) is 8.27. The van der Waals surface area contributed by atoms with E-state index in [0.29, 0.717) is 17.8 Å². The molecule has 2 heterocycles. The maximum absolute atomic E-state index is 12.3. The molecule has 0 radical (unpaired) electrons. The van der Waals surface area contributed by atoms with Crippen LogP contribution in [0.25, 0.3) is 22.3 Å². The minimum atomic E-state index is -1.34. The Hall–Kier alpha value is -3.19. The van der Waals surface area contributed by atoms with Crippen LogP contribution in [0.15, 0.2) is 48.5 Å². The molecule has 1 amide bonds. The smallest absolute Gasteiger partial charge is 0.251 e. The molecule has 1 atom stereocenters. The highest BCUT2D eigenvalue weighted by molar-refractivity contribution is 5.91. The van der Waals surface area contributed by atoms with E-state index in [2.05, 4.69) is 15.2 Å². The maximum atomic E-state index is 12.3. The predicted octanol–water partition coefficient (Wildman–Crippen LogP) is 3.25. The van der Waals surface area contributed by atoms with Crippen LogP contribution in [-0.4, -0.2) is 50.8 Å². The molecule has 3 aromatic rings. The molecule has 1 aromatic heterocycles. The number of aliphatic hydroxyl groups is 1. The normalized spacial score (nSPS) is 16.8. The number of amides is 1. The van der Waals surface area contributed by atoms with E-state index in [9.17, 15) is 15.0 Å².